The summed E-state index contributed by atoms with van der Waals surface area (Å²) in [5, 5.41) is 6.42. The predicted molar refractivity (Wildman–Crippen MR) is 93.8 cm³/mol. The second-order valence-electron chi connectivity index (χ2n) is 4.80. The minimum Gasteiger partial charge on any atom is -0.495 e. The summed E-state index contributed by atoms with van der Waals surface area (Å²) >= 11 is 1.38. The number of hydrogen-bond donors (Lipinski definition) is 2. The van der Waals surface area contributed by atoms with Gasteiger partial charge in [0, 0.05) is 6.20 Å². The molecule has 2 N–H and O–H groups in total. The summed E-state index contributed by atoms with van der Waals surface area (Å²) in [5.41, 5.74) is 2.52. The first-order valence-electron chi connectivity index (χ1n) is 7.17. The molecule has 0 spiro atoms. The van der Waals surface area contributed by atoms with Crippen LogP contribution in [0.5, 0.6) is 5.75 Å². The van der Waals surface area contributed by atoms with E-state index in [1.165, 1.54) is 18.4 Å². The SMILES string of the molecule is COC(=O)Nc1nc2cccc(NCc3ncccc3OC)c2s1. The molecule has 2 aromatic heterocycles. The molecule has 0 aliphatic rings. The number of nitrogens with one attached hydrogen (secondary N) is 2. The number of methoxy groups -OCH3 is 2. The standard InChI is InChI=1S/C16H16N4O3S/c1-22-13-7-4-8-17-12(13)9-18-10-5-3-6-11-14(10)24-15(19-11)20-16(21)23-2/h3-8,18H,9H2,1-2H3,(H,19,20,21). The number of carbonyl (C=O) groups is 1. The zero-order chi connectivity index (χ0) is 16.9. The Labute approximate surface area is 142 Å². The third kappa shape index (κ3) is 3.38. The smallest absolute Gasteiger partial charge is 0.413 e. The van der Waals surface area contributed by atoms with Crippen LogP contribution in [-0.2, 0) is 11.3 Å². The van der Waals surface area contributed by atoms with Crippen molar-refractivity contribution in [1.29, 1.82) is 0 Å². The van der Waals surface area contributed by atoms with Gasteiger partial charge < -0.3 is 14.8 Å². The van der Waals surface area contributed by atoms with Gasteiger partial charge in [0.25, 0.3) is 0 Å². The predicted octanol–water partition coefficient (Wildman–Crippen LogP) is 3.49. The second kappa shape index (κ2) is 7.14. The number of hydrogen-bond acceptors (Lipinski definition) is 7. The Bertz CT molecular complexity index is 865. The monoisotopic (exact) mass is 344 g/mol. The van der Waals surface area contributed by atoms with Crippen LogP contribution < -0.4 is 15.4 Å². The van der Waals surface area contributed by atoms with E-state index in [1.807, 2.05) is 30.3 Å². The van der Waals surface area contributed by atoms with E-state index in [1.54, 1.807) is 13.3 Å². The lowest BCUT2D eigenvalue weighted by Gasteiger charge is -2.09. The zero-order valence-electron chi connectivity index (χ0n) is 13.2. The van der Waals surface area contributed by atoms with Crippen molar-refractivity contribution in [1.82, 2.24) is 9.97 Å². The minimum atomic E-state index is -0.540. The second-order valence-corrected chi connectivity index (χ2v) is 5.79. The fraction of sp³-hybridized carbons (Fsp3) is 0.188. The first kappa shape index (κ1) is 16.0. The molecule has 1 aromatic carbocycles. The van der Waals surface area contributed by atoms with E-state index in [9.17, 15) is 4.79 Å². The number of carbonyl (C=O) groups excluding carboxylic acids is 1. The average molecular weight is 344 g/mol. The summed E-state index contributed by atoms with van der Waals surface area (Å²) in [6.45, 7) is 0.515. The number of thiazole rings is 1. The van der Waals surface area contributed by atoms with Gasteiger partial charge >= 0.3 is 6.09 Å². The molecule has 124 valence electrons. The molecule has 0 saturated carbocycles. The summed E-state index contributed by atoms with van der Waals surface area (Å²) in [6, 6.07) is 9.45. The number of ether oxygens (including phenoxy) is 2. The van der Waals surface area contributed by atoms with Gasteiger partial charge in [-0.2, -0.15) is 0 Å². The molecule has 0 atom stereocenters. The average Bonchev–Trinajstić information content (AvgIpc) is 3.02. The van der Waals surface area contributed by atoms with Gasteiger partial charge in [0.1, 0.15) is 11.4 Å². The Morgan fingerprint density at radius 2 is 2.12 bits per heavy atom. The normalized spacial score (nSPS) is 10.4. The molecule has 2 heterocycles. The van der Waals surface area contributed by atoms with E-state index in [0.717, 1.165) is 27.3 Å². The van der Waals surface area contributed by atoms with Gasteiger partial charge in [-0.25, -0.2) is 9.78 Å². The molecule has 0 radical (unpaired) electrons. The lowest BCUT2D eigenvalue weighted by Crippen LogP contribution is -2.10. The van der Waals surface area contributed by atoms with Crippen molar-refractivity contribution < 1.29 is 14.3 Å². The number of fused-ring (bicyclic) bond motifs is 1. The van der Waals surface area contributed by atoms with Crippen LogP contribution in [0.1, 0.15) is 5.69 Å². The van der Waals surface area contributed by atoms with E-state index in [0.29, 0.717) is 11.7 Å². The van der Waals surface area contributed by atoms with E-state index in [4.69, 9.17) is 4.74 Å². The van der Waals surface area contributed by atoms with Gasteiger partial charge in [0.15, 0.2) is 5.13 Å². The molecule has 0 bridgehead atoms. The molecule has 1 amide bonds. The molecule has 24 heavy (non-hydrogen) atoms. The van der Waals surface area contributed by atoms with Gasteiger partial charge in [0.2, 0.25) is 0 Å². The van der Waals surface area contributed by atoms with Crippen LogP contribution >= 0.6 is 11.3 Å². The third-order valence-electron chi connectivity index (χ3n) is 3.32. The molecule has 3 rings (SSSR count). The molecule has 0 aliphatic carbocycles. The fourth-order valence-corrected chi connectivity index (χ4v) is 3.14. The van der Waals surface area contributed by atoms with Crippen molar-refractivity contribution >= 4 is 38.5 Å². The highest BCUT2D eigenvalue weighted by Crippen LogP contribution is 2.32. The number of amides is 1. The summed E-state index contributed by atoms with van der Waals surface area (Å²) < 4.78 is 10.8. The summed E-state index contributed by atoms with van der Waals surface area (Å²) in [5.74, 6) is 0.731. The van der Waals surface area contributed by atoms with Crippen LogP contribution in [0, 0.1) is 0 Å². The lowest BCUT2D eigenvalue weighted by molar-refractivity contribution is 0.187. The number of rotatable bonds is 5. The topological polar surface area (TPSA) is 85.4 Å². The molecule has 8 heteroatoms. The van der Waals surface area contributed by atoms with Crippen molar-refractivity contribution in [2.45, 2.75) is 6.54 Å². The van der Waals surface area contributed by atoms with Crippen molar-refractivity contribution in [3.63, 3.8) is 0 Å². The maximum Gasteiger partial charge on any atom is 0.413 e. The third-order valence-corrected chi connectivity index (χ3v) is 4.34. The van der Waals surface area contributed by atoms with Gasteiger partial charge in [-0.3, -0.25) is 10.3 Å². The van der Waals surface area contributed by atoms with Gasteiger partial charge in [-0.1, -0.05) is 17.4 Å². The Kier molecular flexibility index (Phi) is 4.76. The maximum atomic E-state index is 11.3. The van der Waals surface area contributed by atoms with Crippen LogP contribution in [0.25, 0.3) is 10.2 Å². The van der Waals surface area contributed by atoms with Crippen molar-refractivity contribution in [2.24, 2.45) is 0 Å². The highest BCUT2D eigenvalue weighted by Gasteiger charge is 2.11. The first-order chi connectivity index (χ1) is 11.7. The van der Waals surface area contributed by atoms with Crippen molar-refractivity contribution in [2.75, 3.05) is 24.9 Å². The van der Waals surface area contributed by atoms with Crippen molar-refractivity contribution in [3.05, 3.63) is 42.2 Å². The highest BCUT2D eigenvalue weighted by molar-refractivity contribution is 7.23. The summed E-state index contributed by atoms with van der Waals surface area (Å²) in [7, 11) is 2.94. The van der Waals surface area contributed by atoms with Crippen LogP contribution in [0.4, 0.5) is 15.6 Å². The van der Waals surface area contributed by atoms with Gasteiger partial charge in [0.05, 0.1) is 36.7 Å². The number of aromatic nitrogens is 2. The Balaban J connectivity index is 1.83. The molecular weight excluding hydrogens is 328 g/mol. The Morgan fingerprint density at radius 3 is 2.92 bits per heavy atom. The lowest BCUT2D eigenvalue weighted by atomic mass is 10.2. The quantitative estimate of drug-likeness (QED) is 0.737. The maximum absolute atomic E-state index is 11.3. The van der Waals surface area contributed by atoms with Gasteiger partial charge in [-0.05, 0) is 24.3 Å². The minimum absolute atomic E-state index is 0.488. The number of benzene rings is 1. The number of anilines is 2. The molecule has 7 nitrogen and oxygen atoms in total. The zero-order valence-corrected chi connectivity index (χ0v) is 14.0. The van der Waals surface area contributed by atoms with Crippen molar-refractivity contribution in [3.8, 4) is 5.75 Å². The van der Waals surface area contributed by atoms with E-state index in [2.05, 4.69) is 25.3 Å². The highest BCUT2D eigenvalue weighted by atomic mass is 32.1. The van der Waals surface area contributed by atoms with E-state index in [-0.39, 0.29) is 0 Å². The van der Waals surface area contributed by atoms with Crippen LogP contribution in [0.2, 0.25) is 0 Å². The summed E-state index contributed by atoms with van der Waals surface area (Å²) in [4.78, 5) is 20.0. The fourth-order valence-electron chi connectivity index (χ4n) is 2.20. The molecule has 3 aromatic rings. The number of pyridine rings is 1. The van der Waals surface area contributed by atoms with Crippen LogP contribution in [0.15, 0.2) is 36.5 Å². The summed E-state index contributed by atoms with van der Waals surface area (Å²) in [6.07, 6.45) is 1.19. The Hall–Kier alpha value is -2.87. The molecular formula is C16H16N4O3S. The largest absolute Gasteiger partial charge is 0.495 e. The molecule has 0 unspecified atom stereocenters. The van der Waals surface area contributed by atoms with Crippen LogP contribution in [0.3, 0.4) is 0 Å². The number of nitrogens with zero attached hydrogens (tertiary/aromatic N) is 2. The Morgan fingerprint density at radius 1 is 1.25 bits per heavy atom. The van der Waals surface area contributed by atoms with Gasteiger partial charge in [-0.15, -0.1) is 0 Å². The molecule has 0 saturated heterocycles. The van der Waals surface area contributed by atoms with Crippen LogP contribution in [-0.4, -0.2) is 30.3 Å². The first-order valence-corrected chi connectivity index (χ1v) is 7.99. The van der Waals surface area contributed by atoms with E-state index >= 15 is 0 Å². The molecule has 0 aliphatic heterocycles. The molecule has 0 fully saturated rings. The van der Waals surface area contributed by atoms with E-state index < -0.39 is 6.09 Å².